The second-order valence-electron chi connectivity index (χ2n) is 5.71. The number of hydrogen-bond acceptors (Lipinski definition) is 5. The standard InChI is InChI=1S/C18H18FNO5S/c19-15-3-1-14(2-4-15)18(21)13-25-16-5-7-17(8-6-16)26(22,23)20-9-11-24-12-10-20/h1-8H,9-13H2. The topological polar surface area (TPSA) is 72.9 Å². The van der Waals surface area contributed by atoms with Crippen molar-refractivity contribution in [3.63, 3.8) is 0 Å². The predicted molar refractivity (Wildman–Crippen MR) is 92.2 cm³/mol. The fraction of sp³-hybridized carbons (Fsp3) is 0.278. The van der Waals surface area contributed by atoms with Gasteiger partial charge in [-0.1, -0.05) is 0 Å². The zero-order valence-electron chi connectivity index (χ0n) is 13.9. The number of halogens is 1. The fourth-order valence-corrected chi connectivity index (χ4v) is 3.92. The molecule has 1 aliphatic heterocycles. The summed E-state index contributed by atoms with van der Waals surface area (Å²) in [5.41, 5.74) is 0.345. The minimum absolute atomic E-state index is 0.164. The summed E-state index contributed by atoms with van der Waals surface area (Å²) in [6, 6.07) is 11.1. The zero-order chi connectivity index (χ0) is 18.6. The molecule has 26 heavy (non-hydrogen) atoms. The Kier molecular flexibility index (Phi) is 5.65. The molecule has 138 valence electrons. The Morgan fingerprint density at radius 1 is 1.04 bits per heavy atom. The normalized spacial score (nSPS) is 15.6. The lowest BCUT2D eigenvalue weighted by Gasteiger charge is -2.26. The van der Waals surface area contributed by atoms with E-state index in [-0.39, 0.29) is 17.3 Å². The van der Waals surface area contributed by atoms with Crippen LogP contribution in [0.1, 0.15) is 10.4 Å². The number of hydrogen-bond donors (Lipinski definition) is 0. The van der Waals surface area contributed by atoms with Gasteiger partial charge in [0, 0.05) is 18.7 Å². The minimum atomic E-state index is -3.56. The smallest absolute Gasteiger partial charge is 0.243 e. The number of ether oxygens (including phenoxy) is 2. The first-order valence-corrected chi connectivity index (χ1v) is 9.50. The Labute approximate surface area is 151 Å². The third kappa shape index (κ3) is 4.27. The summed E-state index contributed by atoms with van der Waals surface area (Å²) in [5, 5.41) is 0. The monoisotopic (exact) mass is 379 g/mol. The molecular formula is C18H18FNO5S. The zero-order valence-corrected chi connectivity index (χ0v) is 14.7. The van der Waals surface area contributed by atoms with Gasteiger partial charge in [-0.05, 0) is 48.5 Å². The lowest BCUT2D eigenvalue weighted by Crippen LogP contribution is -2.40. The first-order chi connectivity index (χ1) is 12.5. The number of sulfonamides is 1. The number of Topliss-reactive ketones (excluding diaryl/α,β-unsaturated/α-hetero) is 1. The van der Waals surface area contributed by atoms with Gasteiger partial charge in [-0.3, -0.25) is 4.79 Å². The molecule has 6 nitrogen and oxygen atoms in total. The molecule has 8 heteroatoms. The van der Waals surface area contributed by atoms with E-state index in [1.807, 2.05) is 0 Å². The van der Waals surface area contributed by atoms with E-state index >= 15 is 0 Å². The van der Waals surface area contributed by atoms with Crippen LogP contribution in [0.2, 0.25) is 0 Å². The molecule has 0 bridgehead atoms. The maximum atomic E-state index is 12.9. The largest absolute Gasteiger partial charge is 0.485 e. The summed E-state index contributed by atoms with van der Waals surface area (Å²) in [6.07, 6.45) is 0. The van der Waals surface area contributed by atoms with Gasteiger partial charge < -0.3 is 9.47 Å². The average Bonchev–Trinajstić information content (AvgIpc) is 2.67. The molecule has 2 aromatic rings. The fourth-order valence-electron chi connectivity index (χ4n) is 2.51. The van der Waals surface area contributed by atoms with Crippen molar-refractivity contribution in [2.75, 3.05) is 32.9 Å². The van der Waals surface area contributed by atoms with Gasteiger partial charge in [-0.25, -0.2) is 12.8 Å². The van der Waals surface area contributed by atoms with Gasteiger partial charge in [0.05, 0.1) is 18.1 Å². The van der Waals surface area contributed by atoms with Crippen LogP contribution < -0.4 is 4.74 Å². The van der Waals surface area contributed by atoms with Crippen LogP contribution in [-0.4, -0.2) is 51.4 Å². The molecule has 0 amide bonds. The molecule has 0 radical (unpaired) electrons. The number of nitrogens with zero attached hydrogens (tertiary/aromatic N) is 1. The Balaban J connectivity index is 1.62. The van der Waals surface area contributed by atoms with E-state index in [0.29, 0.717) is 37.6 Å². The van der Waals surface area contributed by atoms with Crippen LogP contribution in [0, 0.1) is 5.82 Å². The van der Waals surface area contributed by atoms with Crippen molar-refractivity contribution >= 4 is 15.8 Å². The Morgan fingerprint density at radius 2 is 1.65 bits per heavy atom. The summed E-state index contributed by atoms with van der Waals surface area (Å²) in [6.45, 7) is 1.19. The van der Waals surface area contributed by atoms with Crippen LogP contribution in [0.25, 0.3) is 0 Å². The molecule has 0 saturated carbocycles. The predicted octanol–water partition coefficient (Wildman–Crippen LogP) is 2.11. The first-order valence-electron chi connectivity index (χ1n) is 8.06. The van der Waals surface area contributed by atoms with E-state index in [1.54, 1.807) is 0 Å². The van der Waals surface area contributed by atoms with Gasteiger partial charge in [0.25, 0.3) is 0 Å². The van der Waals surface area contributed by atoms with Crippen LogP contribution >= 0.6 is 0 Å². The van der Waals surface area contributed by atoms with E-state index in [2.05, 4.69) is 0 Å². The number of carbonyl (C=O) groups excluding carboxylic acids is 1. The van der Waals surface area contributed by atoms with Gasteiger partial charge >= 0.3 is 0 Å². The van der Waals surface area contributed by atoms with Crippen molar-refractivity contribution in [2.45, 2.75) is 4.90 Å². The maximum absolute atomic E-state index is 12.9. The van der Waals surface area contributed by atoms with Crippen LogP contribution in [0.4, 0.5) is 4.39 Å². The van der Waals surface area contributed by atoms with E-state index in [0.717, 1.165) is 0 Å². The molecule has 0 N–H and O–H groups in total. The molecule has 0 unspecified atom stereocenters. The summed E-state index contributed by atoms with van der Waals surface area (Å²) in [7, 11) is -3.56. The molecule has 0 spiro atoms. The van der Waals surface area contributed by atoms with Crippen molar-refractivity contribution in [1.82, 2.24) is 4.31 Å². The molecule has 0 atom stereocenters. The molecule has 1 aliphatic rings. The second kappa shape index (κ2) is 7.94. The van der Waals surface area contributed by atoms with E-state index in [1.165, 1.54) is 52.8 Å². The number of rotatable bonds is 6. The van der Waals surface area contributed by atoms with Crippen LogP contribution in [0.15, 0.2) is 53.4 Å². The molecule has 0 aromatic heterocycles. The molecular weight excluding hydrogens is 361 g/mol. The quantitative estimate of drug-likeness (QED) is 0.719. The summed E-state index contributed by atoms with van der Waals surface area (Å²) >= 11 is 0. The van der Waals surface area contributed by atoms with Crippen LogP contribution in [0.3, 0.4) is 0 Å². The van der Waals surface area contributed by atoms with Crippen molar-refractivity contribution in [1.29, 1.82) is 0 Å². The van der Waals surface area contributed by atoms with Gasteiger partial charge in [0.15, 0.2) is 12.4 Å². The van der Waals surface area contributed by atoms with Crippen LogP contribution in [-0.2, 0) is 14.8 Å². The van der Waals surface area contributed by atoms with E-state index in [4.69, 9.17) is 9.47 Å². The molecule has 1 fully saturated rings. The second-order valence-corrected chi connectivity index (χ2v) is 7.64. The van der Waals surface area contributed by atoms with E-state index < -0.39 is 15.8 Å². The SMILES string of the molecule is O=C(COc1ccc(S(=O)(=O)N2CCOCC2)cc1)c1ccc(F)cc1. The summed E-state index contributed by atoms with van der Waals surface area (Å²) in [5.74, 6) is -0.337. The third-order valence-corrected chi connectivity index (χ3v) is 5.88. The van der Waals surface area contributed by atoms with Crippen molar-refractivity contribution in [2.24, 2.45) is 0 Å². The minimum Gasteiger partial charge on any atom is -0.485 e. The number of ketones is 1. The highest BCUT2D eigenvalue weighted by Gasteiger charge is 2.26. The Morgan fingerprint density at radius 3 is 2.27 bits per heavy atom. The van der Waals surface area contributed by atoms with Gasteiger partial charge in [0.2, 0.25) is 10.0 Å². The maximum Gasteiger partial charge on any atom is 0.243 e. The highest BCUT2D eigenvalue weighted by molar-refractivity contribution is 7.89. The van der Waals surface area contributed by atoms with E-state index in [9.17, 15) is 17.6 Å². The molecule has 0 aliphatic carbocycles. The van der Waals surface area contributed by atoms with Crippen LogP contribution in [0.5, 0.6) is 5.75 Å². The molecule has 1 heterocycles. The molecule has 2 aromatic carbocycles. The van der Waals surface area contributed by atoms with Crippen molar-refractivity contribution in [3.05, 3.63) is 59.9 Å². The number of morpholine rings is 1. The molecule has 3 rings (SSSR count). The van der Waals surface area contributed by atoms with Gasteiger partial charge in [0.1, 0.15) is 11.6 Å². The highest BCUT2D eigenvalue weighted by atomic mass is 32.2. The highest BCUT2D eigenvalue weighted by Crippen LogP contribution is 2.20. The van der Waals surface area contributed by atoms with Gasteiger partial charge in [-0.2, -0.15) is 4.31 Å². The first kappa shape index (κ1) is 18.5. The molecule has 1 saturated heterocycles. The average molecular weight is 379 g/mol. The van der Waals surface area contributed by atoms with Crippen molar-refractivity contribution < 1.29 is 27.1 Å². The third-order valence-electron chi connectivity index (χ3n) is 3.97. The lowest BCUT2D eigenvalue weighted by molar-refractivity contribution is 0.0730. The Bertz CT molecular complexity index is 859. The summed E-state index contributed by atoms with van der Waals surface area (Å²) in [4.78, 5) is 12.2. The Hall–Kier alpha value is -2.29. The van der Waals surface area contributed by atoms with Crippen molar-refractivity contribution in [3.8, 4) is 5.75 Å². The van der Waals surface area contributed by atoms with Gasteiger partial charge in [-0.15, -0.1) is 0 Å². The number of carbonyl (C=O) groups is 1. The lowest BCUT2D eigenvalue weighted by atomic mass is 10.1. The summed E-state index contributed by atoms with van der Waals surface area (Å²) < 4.78 is 49.9. The number of benzene rings is 2.